The van der Waals surface area contributed by atoms with Gasteiger partial charge in [-0.05, 0) is 37.7 Å². The summed E-state index contributed by atoms with van der Waals surface area (Å²) in [6.07, 6.45) is 1.39. The molecule has 0 aliphatic carbocycles. The number of piperazine rings is 1. The van der Waals surface area contributed by atoms with Crippen LogP contribution >= 0.6 is 0 Å². The van der Waals surface area contributed by atoms with Crippen molar-refractivity contribution in [3.63, 3.8) is 0 Å². The van der Waals surface area contributed by atoms with Crippen LogP contribution in [0.2, 0.25) is 0 Å². The van der Waals surface area contributed by atoms with Crippen molar-refractivity contribution < 1.29 is 13.2 Å². The molecule has 2 rings (SSSR count). The summed E-state index contributed by atoms with van der Waals surface area (Å²) in [6, 6.07) is 9.36. The number of rotatable bonds is 8. The van der Waals surface area contributed by atoms with Gasteiger partial charge in [-0.2, -0.15) is 5.26 Å². The monoisotopic (exact) mass is 378 g/mol. The van der Waals surface area contributed by atoms with Crippen molar-refractivity contribution >= 4 is 21.8 Å². The number of benzene rings is 1. The van der Waals surface area contributed by atoms with E-state index in [1.807, 2.05) is 31.2 Å². The Kier molecular flexibility index (Phi) is 7.60. The van der Waals surface area contributed by atoms with Gasteiger partial charge in [-0.1, -0.05) is 12.1 Å². The first-order valence-corrected chi connectivity index (χ1v) is 10.2. The van der Waals surface area contributed by atoms with Crippen LogP contribution < -0.4 is 9.62 Å². The Morgan fingerprint density at radius 1 is 1.27 bits per heavy atom. The highest BCUT2D eigenvalue weighted by molar-refractivity contribution is 7.93. The number of nitriles is 1. The molecular weight excluding hydrogens is 352 g/mol. The Hall–Kier alpha value is -1.92. The topological polar surface area (TPSA) is 85.7 Å². The molecule has 7 nitrogen and oxygen atoms in total. The van der Waals surface area contributed by atoms with E-state index in [4.69, 9.17) is 4.74 Å². The first kappa shape index (κ1) is 20.4. The van der Waals surface area contributed by atoms with Crippen molar-refractivity contribution in [2.75, 3.05) is 57.9 Å². The summed E-state index contributed by atoms with van der Waals surface area (Å²) in [5.41, 5.74) is 1.78. The lowest BCUT2D eigenvalue weighted by Gasteiger charge is -2.34. The van der Waals surface area contributed by atoms with Crippen LogP contribution in [0.25, 0.3) is 6.08 Å². The maximum atomic E-state index is 12.2. The van der Waals surface area contributed by atoms with Crippen LogP contribution in [0.3, 0.4) is 0 Å². The summed E-state index contributed by atoms with van der Waals surface area (Å²) in [5, 5.41) is 9.23. The average Bonchev–Trinajstić information content (AvgIpc) is 2.64. The van der Waals surface area contributed by atoms with Gasteiger partial charge in [-0.25, -0.2) is 13.1 Å². The van der Waals surface area contributed by atoms with Crippen molar-refractivity contribution in [1.29, 1.82) is 5.26 Å². The molecule has 1 aromatic carbocycles. The van der Waals surface area contributed by atoms with Crippen molar-refractivity contribution in [3.05, 3.63) is 34.7 Å². The predicted molar refractivity (Wildman–Crippen MR) is 103 cm³/mol. The second-order valence-corrected chi connectivity index (χ2v) is 7.83. The Morgan fingerprint density at radius 3 is 2.50 bits per heavy atom. The molecule has 8 heteroatoms. The quantitative estimate of drug-likeness (QED) is 0.541. The van der Waals surface area contributed by atoms with Gasteiger partial charge < -0.3 is 14.5 Å². The summed E-state index contributed by atoms with van der Waals surface area (Å²) in [5.74, 6) is 0. The van der Waals surface area contributed by atoms with E-state index in [2.05, 4.69) is 21.6 Å². The number of sulfonamides is 1. The molecule has 0 unspecified atom stereocenters. The highest BCUT2D eigenvalue weighted by Gasteiger charge is 2.17. The molecule has 1 aliphatic heterocycles. The van der Waals surface area contributed by atoms with E-state index in [-0.39, 0.29) is 18.1 Å². The molecule has 142 valence electrons. The van der Waals surface area contributed by atoms with Crippen LogP contribution in [0.1, 0.15) is 12.5 Å². The summed E-state index contributed by atoms with van der Waals surface area (Å²) < 4.78 is 31.9. The minimum Gasteiger partial charge on any atom is -0.380 e. The number of hydrogen-bond acceptors (Lipinski definition) is 6. The van der Waals surface area contributed by atoms with Gasteiger partial charge >= 0.3 is 0 Å². The minimum absolute atomic E-state index is 0.136. The molecule has 0 bridgehead atoms. The lowest BCUT2D eigenvalue weighted by atomic mass is 10.1. The highest BCUT2D eigenvalue weighted by atomic mass is 32.2. The fourth-order valence-electron chi connectivity index (χ4n) is 2.64. The molecule has 0 aromatic heterocycles. The second-order valence-electron chi connectivity index (χ2n) is 6.10. The summed E-state index contributed by atoms with van der Waals surface area (Å²) >= 11 is 0. The number of nitrogens with one attached hydrogen (secondary N) is 1. The molecule has 1 saturated heterocycles. The minimum atomic E-state index is -3.83. The van der Waals surface area contributed by atoms with Crippen LogP contribution in [-0.4, -0.2) is 66.3 Å². The normalized spacial score (nSPS) is 16.5. The molecule has 1 aliphatic rings. The van der Waals surface area contributed by atoms with Gasteiger partial charge in [-0.3, -0.25) is 0 Å². The molecule has 1 aromatic rings. The van der Waals surface area contributed by atoms with E-state index < -0.39 is 10.0 Å². The van der Waals surface area contributed by atoms with Gasteiger partial charge in [0, 0.05) is 45.0 Å². The first-order valence-electron chi connectivity index (χ1n) is 8.69. The molecule has 1 fully saturated rings. The van der Waals surface area contributed by atoms with Gasteiger partial charge in [0.05, 0.1) is 6.61 Å². The fourth-order valence-corrected chi connectivity index (χ4v) is 3.56. The summed E-state index contributed by atoms with van der Waals surface area (Å²) in [7, 11) is -1.73. The van der Waals surface area contributed by atoms with Gasteiger partial charge in [0.1, 0.15) is 6.07 Å². The van der Waals surface area contributed by atoms with Crippen LogP contribution in [0, 0.1) is 11.3 Å². The Bertz CT molecular complexity index is 746. The van der Waals surface area contributed by atoms with E-state index in [0.29, 0.717) is 12.2 Å². The molecule has 1 N–H and O–H groups in total. The van der Waals surface area contributed by atoms with E-state index in [1.54, 1.807) is 6.07 Å². The zero-order valence-corrected chi connectivity index (χ0v) is 16.1. The van der Waals surface area contributed by atoms with E-state index >= 15 is 0 Å². The number of ether oxygens (including phenoxy) is 1. The third kappa shape index (κ3) is 5.81. The third-order valence-corrected chi connectivity index (χ3v) is 5.57. The largest absolute Gasteiger partial charge is 0.380 e. The number of nitrogens with zero attached hydrogens (tertiary/aromatic N) is 3. The second kappa shape index (κ2) is 9.69. The van der Waals surface area contributed by atoms with Crippen LogP contribution in [0.15, 0.2) is 29.2 Å². The van der Waals surface area contributed by atoms with Crippen LogP contribution in [0.5, 0.6) is 0 Å². The Morgan fingerprint density at radius 2 is 1.92 bits per heavy atom. The van der Waals surface area contributed by atoms with Gasteiger partial charge in [0.15, 0.2) is 4.91 Å². The molecule has 0 saturated carbocycles. The standard InChI is InChI=1S/C18H26N4O3S/c1-3-25-13-8-20-26(23,24)18(15-19)14-16-4-6-17(7-5-16)22-11-9-21(2)10-12-22/h4-7,14,20H,3,8-13H2,1-2H3/b18-14+. The number of allylic oxidation sites excluding steroid dienone is 1. The number of likely N-dealkylation sites (N-methyl/N-ethyl adjacent to an activating group) is 1. The zero-order valence-electron chi connectivity index (χ0n) is 15.3. The molecule has 0 radical (unpaired) electrons. The molecule has 0 spiro atoms. The van der Waals surface area contributed by atoms with E-state index in [1.165, 1.54) is 6.08 Å². The first-order chi connectivity index (χ1) is 12.5. The van der Waals surface area contributed by atoms with Crippen LogP contribution in [-0.2, 0) is 14.8 Å². The molecular formula is C18H26N4O3S. The lowest BCUT2D eigenvalue weighted by molar-refractivity contribution is 0.153. The fraction of sp³-hybridized carbons (Fsp3) is 0.500. The predicted octanol–water partition coefficient (Wildman–Crippen LogP) is 1.26. The smallest absolute Gasteiger partial charge is 0.250 e. The average molecular weight is 378 g/mol. The van der Waals surface area contributed by atoms with Gasteiger partial charge in [0.25, 0.3) is 10.0 Å². The molecule has 0 atom stereocenters. The highest BCUT2D eigenvalue weighted by Crippen LogP contribution is 2.19. The lowest BCUT2D eigenvalue weighted by Crippen LogP contribution is -2.44. The van der Waals surface area contributed by atoms with Crippen LogP contribution in [0.4, 0.5) is 5.69 Å². The zero-order chi connectivity index (χ0) is 19.0. The number of hydrogen-bond donors (Lipinski definition) is 1. The van der Waals surface area contributed by atoms with Gasteiger partial charge in [-0.15, -0.1) is 0 Å². The molecule has 26 heavy (non-hydrogen) atoms. The summed E-state index contributed by atoms with van der Waals surface area (Å²) in [4.78, 5) is 4.28. The van der Waals surface area contributed by atoms with Crippen molar-refractivity contribution in [3.8, 4) is 6.07 Å². The maximum Gasteiger partial charge on any atom is 0.250 e. The maximum absolute atomic E-state index is 12.2. The van der Waals surface area contributed by atoms with Gasteiger partial charge in [0.2, 0.25) is 0 Å². The third-order valence-electron chi connectivity index (χ3n) is 4.20. The van der Waals surface area contributed by atoms with E-state index in [9.17, 15) is 13.7 Å². The molecule has 0 amide bonds. The Labute approximate surface area is 155 Å². The van der Waals surface area contributed by atoms with Crippen molar-refractivity contribution in [2.24, 2.45) is 0 Å². The SMILES string of the molecule is CCOCCNS(=O)(=O)/C(C#N)=C/c1ccc(N2CCN(C)CC2)cc1. The Balaban J connectivity index is 2.05. The molecule has 1 heterocycles. The number of anilines is 1. The van der Waals surface area contributed by atoms with Crippen molar-refractivity contribution in [2.45, 2.75) is 6.92 Å². The van der Waals surface area contributed by atoms with Crippen molar-refractivity contribution in [1.82, 2.24) is 9.62 Å². The van der Waals surface area contributed by atoms with E-state index in [0.717, 1.165) is 31.9 Å². The summed E-state index contributed by atoms with van der Waals surface area (Å²) in [6.45, 7) is 6.73.